The highest BCUT2D eigenvalue weighted by Crippen LogP contribution is 2.22. The van der Waals surface area contributed by atoms with E-state index in [1.807, 2.05) is 0 Å². The van der Waals surface area contributed by atoms with E-state index in [0.29, 0.717) is 0 Å². The van der Waals surface area contributed by atoms with Gasteiger partial charge in [-0.2, -0.15) is 0 Å². The van der Waals surface area contributed by atoms with Crippen molar-refractivity contribution in [3.63, 3.8) is 0 Å². The lowest BCUT2D eigenvalue weighted by atomic mass is 10.0. The van der Waals surface area contributed by atoms with Crippen LogP contribution in [0.2, 0.25) is 0 Å². The van der Waals surface area contributed by atoms with Gasteiger partial charge in [0.15, 0.2) is 0 Å². The second kappa shape index (κ2) is 6.21. The van der Waals surface area contributed by atoms with E-state index in [2.05, 4.69) is 36.9 Å². The van der Waals surface area contributed by atoms with Crippen molar-refractivity contribution < 1.29 is 9.90 Å². The maximum atomic E-state index is 11.1. The van der Waals surface area contributed by atoms with E-state index in [0.717, 1.165) is 25.9 Å². The van der Waals surface area contributed by atoms with Gasteiger partial charge in [0.25, 0.3) is 0 Å². The first-order valence-corrected chi connectivity index (χ1v) is 6.11. The molecule has 0 bridgehead atoms. The zero-order chi connectivity index (χ0) is 12.4. The molecule has 1 N–H and O–H groups in total. The Hall–Kier alpha value is -1.06. The molecule has 0 amide bonds. The first-order valence-electron chi connectivity index (χ1n) is 6.11. The molecule has 0 radical (unpaired) electrons. The van der Waals surface area contributed by atoms with Gasteiger partial charge in [-0.05, 0) is 44.4 Å². The minimum Gasteiger partial charge on any atom is -0.480 e. The number of carboxylic acids is 1. The molecule has 2 rings (SSSR count). The van der Waals surface area contributed by atoms with Crippen molar-refractivity contribution in [1.82, 2.24) is 4.90 Å². The number of hydrogen-bond acceptors (Lipinski definition) is 2. The summed E-state index contributed by atoms with van der Waals surface area (Å²) in [5.41, 5.74) is 3.72. The van der Waals surface area contributed by atoms with Crippen LogP contribution in [0.3, 0.4) is 0 Å². The fraction of sp³-hybridized carbons (Fsp3) is 0.500. The van der Waals surface area contributed by atoms with E-state index in [9.17, 15) is 4.79 Å². The van der Waals surface area contributed by atoms with Gasteiger partial charge < -0.3 is 5.11 Å². The van der Waals surface area contributed by atoms with Crippen LogP contribution in [-0.4, -0.2) is 28.6 Å². The number of hydrogen-bond donors (Lipinski definition) is 1. The Morgan fingerprint density at radius 1 is 1.44 bits per heavy atom. The summed E-state index contributed by atoms with van der Waals surface area (Å²) in [6, 6.07) is 6.07. The smallest absolute Gasteiger partial charge is 0.320 e. The van der Waals surface area contributed by atoms with Crippen LogP contribution in [-0.2, 0) is 11.3 Å². The van der Waals surface area contributed by atoms with Crippen LogP contribution in [0.5, 0.6) is 0 Å². The summed E-state index contributed by atoms with van der Waals surface area (Å²) in [5.74, 6) is -0.687. The van der Waals surface area contributed by atoms with E-state index in [1.54, 1.807) is 0 Å². The Balaban J connectivity index is 0.00000162. The summed E-state index contributed by atoms with van der Waals surface area (Å²) in [4.78, 5) is 13.2. The van der Waals surface area contributed by atoms with Crippen molar-refractivity contribution in [2.75, 3.05) is 6.54 Å². The maximum absolute atomic E-state index is 11.1. The molecule has 0 unspecified atom stereocenters. The fourth-order valence-electron chi connectivity index (χ4n) is 2.48. The Bertz CT molecular complexity index is 434. The number of benzene rings is 1. The van der Waals surface area contributed by atoms with E-state index < -0.39 is 5.97 Å². The van der Waals surface area contributed by atoms with Crippen molar-refractivity contribution in [3.8, 4) is 0 Å². The van der Waals surface area contributed by atoms with E-state index >= 15 is 0 Å². The predicted molar refractivity (Wildman–Crippen MR) is 74.2 cm³/mol. The van der Waals surface area contributed by atoms with Crippen molar-refractivity contribution >= 4 is 18.4 Å². The maximum Gasteiger partial charge on any atom is 0.320 e. The second-order valence-electron chi connectivity index (χ2n) is 4.90. The molecule has 3 nitrogen and oxygen atoms in total. The summed E-state index contributed by atoms with van der Waals surface area (Å²) in [5, 5.41) is 9.14. The second-order valence-corrected chi connectivity index (χ2v) is 4.90. The lowest BCUT2D eigenvalue weighted by molar-refractivity contribution is -0.142. The van der Waals surface area contributed by atoms with Crippen LogP contribution in [0.4, 0.5) is 0 Å². The van der Waals surface area contributed by atoms with E-state index in [-0.39, 0.29) is 18.4 Å². The Kier molecular flexibility index (Phi) is 5.17. The van der Waals surface area contributed by atoms with Gasteiger partial charge in [-0.3, -0.25) is 9.69 Å². The number of aliphatic carboxylic acids is 1. The number of rotatable bonds is 3. The number of nitrogens with zero attached hydrogens (tertiary/aromatic N) is 1. The molecule has 1 aromatic carbocycles. The molecule has 1 atom stereocenters. The van der Waals surface area contributed by atoms with Crippen LogP contribution in [0.25, 0.3) is 0 Å². The summed E-state index contributed by atoms with van der Waals surface area (Å²) < 4.78 is 0. The third-order valence-corrected chi connectivity index (χ3v) is 3.53. The minimum atomic E-state index is -0.687. The zero-order valence-electron chi connectivity index (χ0n) is 10.8. The molecule has 18 heavy (non-hydrogen) atoms. The quantitative estimate of drug-likeness (QED) is 0.917. The molecule has 100 valence electrons. The molecule has 1 saturated heterocycles. The molecule has 1 aliphatic rings. The zero-order valence-corrected chi connectivity index (χ0v) is 11.7. The molecule has 1 aromatic rings. The molecule has 0 aliphatic carbocycles. The Morgan fingerprint density at radius 3 is 2.83 bits per heavy atom. The van der Waals surface area contributed by atoms with E-state index in [4.69, 9.17) is 5.11 Å². The lowest BCUT2D eigenvalue weighted by Crippen LogP contribution is -2.35. The van der Waals surface area contributed by atoms with Gasteiger partial charge in [-0.15, -0.1) is 12.4 Å². The molecule has 1 fully saturated rings. The summed E-state index contributed by atoms with van der Waals surface area (Å²) in [6.45, 7) is 5.80. The summed E-state index contributed by atoms with van der Waals surface area (Å²) in [6.07, 6.45) is 1.77. The molecule has 0 spiro atoms. The van der Waals surface area contributed by atoms with Crippen LogP contribution < -0.4 is 0 Å². The molecular formula is C14H20ClNO2. The Labute approximate surface area is 114 Å². The molecule has 4 heteroatoms. The monoisotopic (exact) mass is 269 g/mol. The molecule has 0 aromatic heterocycles. The first kappa shape index (κ1) is 15.0. The molecule has 1 aliphatic heterocycles. The number of halogens is 1. The van der Waals surface area contributed by atoms with Crippen molar-refractivity contribution in [3.05, 3.63) is 34.9 Å². The van der Waals surface area contributed by atoms with Gasteiger partial charge >= 0.3 is 5.97 Å². The highest BCUT2D eigenvalue weighted by molar-refractivity contribution is 5.85. The van der Waals surface area contributed by atoms with Gasteiger partial charge in [0.1, 0.15) is 6.04 Å². The third kappa shape index (κ3) is 3.24. The number of carbonyl (C=O) groups is 1. The number of likely N-dealkylation sites (tertiary alicyclic amines) is 1. The highest BCUT2D eigenvalue weighted by Gasteiger charge is 2.30. The fourth-order valence-corrected chi connectivity index (χ4v) is 2.48. The van der Waals surface area contributed by atoms with Crippen molar-refractivity contribution in [1.29, 1.82) is 0 Å². The number of aryl methyl sites for hydroxylation is 2. The van der Waals surface area contributed by atoms with Gasteiger partial charge in [-0.25, -0.2) is 0 Å². The third-order valence-electron chi connectivity index (χ3n) is 3.53. The molecular weight excluding hydrogens is 250 g/mol. The van der Waals surface area contributed by atoms with Crippen LogP contribution >= 0.6 is 12.4 Å². The van der Waals surface area contributed by atoms with E-state index in [1.165, 1.54) is 16.7 Å². The SMILES string of the molecule is Cc1ccc(C)c(CN2CCC[C@@H]2C(=O)O)c1.Cl. The van der Waals surface area contributed by atoms with Gasteiger partial charge in [0, 0.05) is 6.54 Å². The van der Waals surface area contributed by atoms with Gasteiger partial charge in [-0.1, -0.05) is 23.8 Å². The summed E-state index contributed by atoms with van der Waals surface area (Å²) >= 11 is 0. The van der Waals surface area contributed by atoms with Gasteiger partial charge in [0.2, 0.25) is 0 Å². The highest BCUT2D eigenvalue weighted by atomic mass is 35.5. The largest absolute Gasteiger partial charge is 0.480 e. The average Bonchev–Trinajstić information content (AvgIpc) is 2.71. The van der Waals surface area contributed by atoms with Gasteiger partial charge in [0.05, 0.1) is 0 Å². The molecule has 1 heterocycles. The van der Waals surface area contributed by atoms with Crippen molar-refractivity contribution in [2.24, 2.45) is 0 Å². The topological polar surface area (TPSA) is 40.5 Å². The van der Waals surface area contributed by atoms with Crippen LogP contribution in [0, 0.1) is 13.8 Å². The minimum absolute atomic E-state index is 0. The standard InChI is InChI=1S/C14H19NO2.ClH/c1-10-5-6-11(2)12(8-10)9-15-7-3-4-13(15)14(16)17;/h5-6,8,13H,3-4,7,9H2,1-2H3,(H,16,17);1H/t13-;/m1./s1. The van der Waals surface area contributed by atoms with Crippen molar-refractivity contribution in [2.45, 2.75) is 39.3 Å². The Morgan fingerprint density at radius 2 is 2.17 bits per heavy atom. The predicted octanol–water partition coefficient (Wildman–Crippen LogP) is 2.77. The lowest BCUT2D eigenvalue weighted by Gasteiger charge is -2.22. The number of carboxylic acid groups (broad SMARTS) is 1. The van der Waals surface area contributed by atoms with Crippen LogP contribution in [0.1, 0.15) is 29.5 Å². The van der Waals surface area contributed by atoms with Crippen LogP contribution in [0.15, 0.2) is 18.2 Å². The summed E-state index contributed by atoms with van der Waals surface area (Å²) in [7, 11) is 0. The average molecular weight is 270 g/mol. The molecule has 0 saturated carbocycles. The normalized spacial score (nSPS) is 19.6. The first-order chi connectivity index (χ1) is 8.08.